The number of rotatable bonds is 7. The molecule has 7 nitrogen and oxygen atoms in total. The van der Waals surface area contributed by atoms with Crippen molar-refractivity contribution in [2.24, 2.45) is 5.92 Å². The summed E-state index contributed by atoms with van der Waals surface area (Å²) in [4.78, 5) is 30.4. The van der Waals surface area contributed by atoms with Crippen LogP contribution in [0, 0.1) is 5.92 Å². The fraction of sp³-hybridized carbons (Fsp3) is 0.692. The number of piperidine rings is 1. The molecule has 2 aliphatic heterocycles. The van der Waals surface area contributed by atoms with Crippen LogP contribution in [0.15, 0.2) is 18.2 Å². The molecule has 3 fully saturated rings. The Labute approximate surface area is 197 Å². The molecule has 1 saturated carbocycles. The molecule has 2 amide bonds. The lowest BCUT2D eigenvalue weighted by atomic mass is 9.93. The Hall–Kier alpha value is -2.28. The summed E-state index contributed by atoms with van der Waals surface area (Å²) in [5, 5.41) is 3.28. The standard InChI is InChI=1S/C26H39N3O4/c1-32-21-12-13-22(24(16-21)33-2)23-11-7-15-29(23)25(30)18-28-14-6-8-19(17-28)26(31)27-20-9-4-3-5-10-20/h12-13,16,19-20,23H,3-11,14-15,17-18H2,1-2H3,(H,27,31). The van der Waals surface area contributed by atoms with Crippen molar-refractivity contribution in [1.82, 2.24) is 15.1 Å². The van der Waals surface area contributed by atoms with Gasteiger partial charge in [-0.1, -0.05) is 19.3 Å². The predicted molar refractivity (Wildman–Crippen MR) is 127 cm³/mol. The smallest absolute Gasteiger partial charge is 0.237 e. The van der Waals surface area contributed by atoms with Gasteiger partial charge in [0.25, 0.3) is 0 Å². The second-order valence-corrected chi connectivity index (χ2v) is 9.77. The summed E-state index contributed by atoms with van der Waals surface area (Å²) in [5.74, 6) is 1.82. The summed E-state index contributed by atoms with van der Waals surface area (Å²) in [6, 6.07) is 6.19. The quantitative estimate of drug-likeness (QED) is 0.678. The SMILES string of the molecule is COc1ccc(C2CCCN2C(=O)CN2CCCC(C(=O)NC3CCCCC3)C2)c(OC)c1. The van der Waals surface area contributed by atoms with Crippen LogP contribution < -0.4 is 14.8 Å². The molecule has 2 heterocycles. The van der Waals surface area contributed by atoms with Crippen LogP contribution >= 0.6 is 0 Å². The number of carbonyl (C=O) groups excluding carboxylic acids is 2. The molecule has 1 aromatic carbocycles. The zero-order valence-electron chi connectivity index (χ0n) is 20.2. The topological polar surface area (TPSA) is 71.1 Å². The van der Waals surface area contributed by atoms with E-state index in [2.05, 4.69) is 10.2 Å². The predicted octanol–water partition coefficient (Wildman–Crippen LogP) is 3.53. The molecule has 2 atom stereocenters. The van der Waals surface area contributed by atoms with Crippen LogP contribution in [0.2, 0.25) is 0 Å². The lowest BCUT2D eigenvalue weighted by Gasteiger charge is -2.35. The number of amides is 2. The van der Waals surface area contributed by atoms with Crippen LogP contribution in [0.4, 0.5) is 0 Å². The van der Waals surface area contributed by atoms with Gasteiger partial charge in [-0.3, -0.25) is 14.5 Å². The van der Waals surface area contributed by atoms with Crippen LogP contribution in [0.1, 0.15) is 69.4 Å². The zero-order chi connectivity index (χ0) is 23.2. The molecule has 1 aromatic rings. The maximum absolute atomic E-state index is 13.3. The second kappa shape index (κ2) is 11.2. The summed E-state index contributed by atoms with van der Waals surface area (Å²) in [6.07, 6.45) is 9.71. The van der Waals surface area contributed by atoms with Gasteiger partial charge in [0.15, 0.2) is 0 Å². The number of hydrogen-bond acceptors (Lipinski definition) is 5. The normalized spacial score (nSPS) is 24.5. The Morgan fingerprint density at radius 3 is 2.52 bits per heavy atom. The third kappa shape index (κ3) is 5.81. The Kier molecular flexibility index (Phi) is 8.12. The summed E-state index contributed by atoms with van der Waals surface area (Å²) < 4.78 is 10.9. The Bertz CT molecular complexity index is 824. The minimum Gasteiger partial charge on any atom is -0.497 e. The van der Waals surface area contributed by atoms with Crippen molar-refractivity contribution >= 4 is 11.8 Å². The van der Waals surface area contributed by atoms with Gasteiger partial charge in [-0.05, 0) is 57.2 Å². The van der Waals surface area contributed by atoms with Crippen molar-refractivity contribution in [2.45, 2.75) is 69.9 Å². The van der Waals surface area contributed by atoms with Crippen molar-refractivity contribution < 1.29 is 19.1 Å². The maximum atomic E-state index is 13.3. The summed E-state index contributed by atoms with van der Waals surface area (Å²) in [7, 11) is 3.30. The Morgan fingerprint density at radius 2 is 1.76 bits per heavy atom. The van der Waals surface area contributed by atoms with E-state index in [1.807, 2.05) is 23.1 Å². The molecule has 0 bridgehead atoms. The van der Waals surface area contributed by atoms with Crippen molar-refractivity contribution in [1.29, 1.82) is 0 Å². The van der Waals surface area contributed by atoms with Gasteiger partial charge in [0.2, 0.25) is 11.8 Å². The Balaban J connectivity index is 1.35. The molecule has 7 heteroatoms. The average molecular weight is 458 g/mol. The highest BCUT2D eigenvalue weighted by Crippen LogP contribution is 2.38. The number of likely N-dealkylation sites (tertiary alicyclic amines) is 2. The highest BCUT2D eigenvalue weighted by atomic mass is 16.5. The summed E-state index contributed by atoms with van der Waals surface area (Å²) >= 11 is 0. The van der Waals surface area contributed by atoms with E-state index >= 15 is 0 Å². The number of ether oxygens (including phenoxy) is 2. The van der Waals surface area contributed by atoms with Gasteiger partial charge in [0, 0.05) is 30.8 Å². The lowest BCUT2D eigenvalue weighted by Crippen LogP contribution is -2.49. The number of carbonyl (C=O) groups is 2. The van der Waals surface area contributed by atoms with Gasteiger partial charge >= 0.3 is 0 Å². The minimum atomic E-state index is -0.00969. The second-order valence-electron chi connectivity index (χ2n) is 9.77. The number of nitrogens with zero attached hydrogens (tertiary/aromatic N) is 2. The Morgan fingerprint density at radius 1 is 0.970 bits per heavy atom. The first-order valence-corrected chi connectivity index (χ1v) is 12.6. The first-order chi connectivity index (χ1) is 16.1. The molecule has 182 valence electrons. The molecule has 0 spiro atoms. The third-order valence-corrected chi connectivity index (χ3v) is 7.56. The first kappa shape index (κ1) is 23.9. The molecule has 4 rings (SSSR count). The lowest BCUT2D eigenvalue weighted by molar-refractivity contribution is -0.135. The van der Waals surface area contributed by atoms with E-state index in [9.17, 15) is 9.59 Å². The largest absolute Gasteiger partial charge is 0.497 e. The minimum absolute atomic E-state index is 0.00969. The number of methoxy groups -OCH3 is 2. The highest BCUT2D eigenvalue weighted by Gasteiger charge is 2.34. The van der Waals surface area contributed by atoms with Crippen LogP contribution in [-0.2, 0) is 9.59 Å². The number of hydrogen-bond donors (Lipinski definition) is 1. The molecule has 3 aliphatic rings. The van der Waals surface area contributed by atoms with E-state index in [4.69, 9.17) is 9.47 Å². The van der Waals surface area contributed by atoms with Crippen LogP contribution in [0.5, 0.6) is 11.5 Å². The van der Waals surface area contributed by atoms with Gasteiger partial charge in [0.05, 0.1) is 32.7 Å². The molecule has 0 radical (unpaired) electrons. The molecular weight excluding hydrogens is 418 g/mol. The maximum Gasteiger partial charge on any atom is 0.237 e. The van der Waals surface area contributed by atoms with Crippen molar-refractivity contribution in [3.05, 3.63) is 23.8 Å². The molecule has 1 aliphatic carbocycles. The third-order valence-electron chi connectivity index (χ3n) is 7.56. The molecule has 0 aromatic heterocycles. The van der Waals surface area contributed by atoms with E-state index < -0.39 is 0 Å². The van der Waals surface area contributed by atoms with Crippen molar-refractivity contribution in [2.75, 3.05) is 40.4 Å². The fourth-order valence-corrected chi connectivity index (χ4v) is 5.74. The van der Waals surface area contributed by atoms with Gasteiger partial charge in [-0.2, -0.15) is 0 Å². The molecular formula is C26H39N3O4. The van der Waals surface area contributed by atoms with Crippen molar-refractivity contribution in [3.8, 4) is 11.5 Å². The summed E-state index contributed by atoms with van der Waals surface area (Å²) in [6.45, 7) is 2.69. The van der Waals surface area contributed by atoms with Crippen LogP contribution in [-0.4, -0.2) is 68.1 Å². The molecule has 2 unspecified atom stereocenters. The van der Waals surface area contributed by atoms with Crippen molar-refractivity contribution in [3.63, 3.8) is 0 Å². The fourth-order valence-electron chi connectivity index (χ4n) is 5.74. The van der Waals surface area contributed by atoms with Crippen LogP contribution in [0.3, 0.4) is 0 Å². The van der Waals surface area contributed by atoms with Gasteiger partial charge in [-0.25, -0.2) is 0 Å². The summed E-state index contributed by atoms with van der Waals surface area (Å²) in [5.41, 5.74) is 1.03. The van der Waals surface area contributed by atoms with E-state index in [0.29, 0.717) is 19.1 Å². The molecule has 2 saturated heterocycles. The highest BCUT2D eigenvalue weighted by molar-refractivity contribution is 5.81. The van der Waals surface area contributed by atoms with E-state index in [1.165, 1.54) is 19.3 Å². The molecule has 33 heavy (non-hydrogen) atoms. The average Bonchev–Trinajstić information content (AvgIpc) is 3.34. The van der Waals surface area contributed by atoms with Crippen LogP contribution in [0.25, 0.3) is 0 Å². The number of benzene rings is 1. The molecule has 1 N–H and O–H groups in total. The van der Waals surface area contributed by atoms with Gasteiger partial charge < -0.3 is 19.7 Å². The first-order valence-electron chi connectivity index (χ1n) is 12.6. The van der Waals surface area contributed by atoms with Gasteiger partial charge in [-0.15, -0.1) is 0 Å². The van der Waals surface area contributed by atoms with E-state index in [-0.39, 0.29) is 23.8 Å². The number of nitrogens with one attached hydrogen (secondary N) is 1. The monoisotopic (exact) mass is 457 g/mol. The zero-order valence-corrected chi connectivity index (χ0v) is 20.2. The van der Waals surface area contributed by atoms with E-state index in [0.717, 1.165) is 68.7 Å². The van der Waals surface area contributed by atoms with Gasteiger partial charge in [0.1, 0.15) is 11.5 Å². The van der Waals surface area contributed by atoms with E-state index in [1.54, 1.807) is 14.2 Å².